The van der Waals surface area contributed by atoms with E-state index >= 15 is 0 Å². The maximum absolute atomic E-state index is 12.6. The van der Waals surface area contributed by atoms with E-state index in [4.69, 9.17) is 17.0 Å². The van der Waals surface area contributed by atoms with Crippen LogP contribution >= 0.6 is 12.2 Å². The molecule has 0 bridgehead atoms. The van der Waals surface area contributed by atoms with Crippen LogP contribution in [-0.2, 0) is 4.79 Å². The van der Waals surface area contributed by atoms with Crippen LogP contribution in [-0.4, -0.2) is 32.2 Å². The molecule has 0 spiro atoms. The van der Waals surface area contributed by atoms with Crippen molar-refractivity contribution in [3.63, 3.8) is 0 Å². The number of anilines is 1. The van der Waals surface area contributed by atoms with Crippen LogP contribution in [0.5, 0.6) is 5.75 Å². The fourth-order valence-electron chi connectivity index (χ4n) is 2.49. The van der Waals surface area contributed by atoms with Gasteiger partial charge in [-0.1, -0.05) is 35.4 Å². The maximum Gasteiger partial charge on any atom is 0.265 e. The zero-order valence-electron chi connectivity index (χ0n) is 14.5. The Morgan fingerprint density at radius 2 is 2.12 bits per heavy atom. The topological polar surface area (TPSA) is 84.8 Å². The first-order valence-electron chi connectivity index (χ1n) is 8.21. The first-order chi connectivity index (χ1) is 12.6. The van der Waals surface area contributed by atoms with E-state index < -0.39 is 6.10 Å². The van der Waals surface area contributed by atoms with Gasteiger partial charge in [0.05, 0.1) is 5.69 Å². The van der Waals surface area contributed by atoms with Crippen LogP contribution in [0.25, 0.3) is 5.69 Å². The molecule has 1 atom stereocenters. The molecule has 2 aromatic carbocycles. The maximum atomic E-state index is 12.6. The highest BCUT2D eigenvalue weighted by Crippen LogP contribution is 2.18. The van der Waals surface area contributed by atoms with E-state index in [-0.39, 0.29) is 5.91 Å². The van der Waals surface area contributed by atoms with Crippen molar-refractivity contribution in [3.05, 3.63) is 58.9 Å². The molecule has 0 saturated heterocycles. The molecule has 3 rings (SSSR count). The number of aryl methyl sites for hydroxylation is 1. The minimum absolute atomic E-state index is 0.211. The van der Waals surface area contributed by atoms with Gasteiger partial charge in [-0.2, -0.15) is 5.21 Å². The molecule has 0 saturated carbocycles. The number of rotatable bonds is 6. The van der Waals surface area contributed by atoms with Crippen molar-refractivity contribution < 1.29 is 9.53 Å². The lowest BCUT2D eigenvalue weighted by atomic mass is 10.2. The molecule has 7 nitrogen and oxygen atoms in total. The van der Waals surface area contributed by atoms with Crippen molar-refractivity contribution in [1.82, 2.24) is 20.2 Å². The number of H-pyrrole nitrogens is 1. The molecule has 0 aliphatic rings. The number of nitrogens with one attached hydrogen (secondary N) is 2. The highest BCUT2D eigenvalue weighted by Gasteiger charge is 2.19. The number of aromatic amines is 1. The summed E-state index contributed by atoms with van der Waals surface area (Å²) < 4.78 is 7.70. The average Bonchev–Trinajstić information content (AvgIpc) is 3.06. The van der Waals surface area contributed by atoms with Gasteiger partial charge in [-0.05, 0) is 61.5 Å². The van der Waals surface area contributed by atoms with E-state index in [1.807, 2.05) is 50.2 Å². The second-order valence-electron chi connectivity index (χ2n) is 5.79. The fourth-order valence-corrected chi connectivity index (χ4v) is 2.67. The lowest BCUT2D eigenvalue weighted by Gasteiger charge is -2.18. The minimum atomic E-state index is -0.587. The van der Waals surface area contributed by atoms with Gasteiger partial charge in [0.1, 0.15) is 5.75 Å². The van der Waals surface area contributed by atoms with Crippen molar-refractivity contribution >= 4 is 23.8 Å². The standard InChI is InChI=1S/C18H19N5O2S/c1-3-16(25-15-9-4-6-12(2)10-15)17(24)19-13-7-5-8-14(11-13)23-18(26)20-21-22-23/h4-11,16H,3H2,1-2H3,(H,19,24)(H,20,22,26). The first kappa shape index (κ1) is 17.8. The van der Waals surface area contributed by atoms with Crippen molar-refractivity contribution in [3.8, 4) is 11.4 Å². The minimum Gasteiger partial charge on any atom is -0.481 e. The van der Waals surface area contributed by atoms with Crippen LogP contribution in [0.2, 0.25) is 0 Å². The molecular formula is C18H19N5O2S. The lowest BCUT2D eigenvalue weighted by molar-refractivity contribution is -0.122. The Bertz CT molecular complexity index is 966. The van der Waals surface area contributed by atoms with Gasteiger partial charge in [-0.15, -0.1) is 0 Å². The summed E-state index contributed by atoms with van der Waals surface area (Å²) in [6.07, 6.45) is -0.0360. The quantitative estimate of drug-likeness (QED) is 0.650. The summed E-state index contributed by atoms with van der Waals surface area (Å²) in [5.74, 6) is 0.466. The third kappa shape index (κ3) is 4.15. The van der Waals surface area contributed by atoms with E-state index in [1.54, 1.807) is 16.8 Å². The second kappa shape index (κ2) is 7.92. The summed E-state index contributed by atoms with van der Waals surface area (Å²) in [5, 5.41) is 13.0. The third-order valence-electron chi connectivity index (χ3n) is 3.77. The van der Waals surface area contributed by atoms with Crippen LogP contribution in [0, 0.1) is 11.7 Å². The Balaban J connectivity index is 1.74. The van der Waals surface area contributed by atoms with Gasteiger partial charge < -0.3 is 10.1 Å². The number of amides is 1. The summed E-state index contributed by atoms with van der Waals surface area (Å²) in [6, 6.07) is 14.9. The number of benzene rings is 2. The molecule has 1 aromatic heterocycles. The van der Waals surface area contributed by atoms with Gasteiger partial charge in [-0.3, -0.25) is 4.79 Å². The summed E-state index contributed by atoms with van der Waals surface area (Å²) in [7, 11) is 0. The summed E-state index contributed by atoms with van der Waals surface area (Å²) >= 11 is 5.09. The monoisotopic (exact) mass is 369 g/mol. The lowest BCUT2D eigenvalue weighted by Crippen LogP contribution is -2.32. The average molecular weight is 369 g/mol. The Hall–Kier alpha value is -3.00. The molecule has 1 unspecified atom stereocenters. The predicted octanol–water partition coefficient (Wildman–Crippen LogP) is 3.43. The number of hydrogen-bond donors (Lipinski definition) is 2. The van der Waals surface area contributed by atoms with Crippen LogP contribution in [0.4, 0.5) is 5.69 Å². The summed E-state index contributed by atoms with van der Waals surface area (Å²) in [4.78, 5) is 12.6. The molecule has 0 aliphatic heterocycles. The smallest absolute Gasteiger partial charge is 0.265 e. The predicted molar refractivity (Wildman–Crippen MR) is 101 cm³/mol. The van der Waals surface area contributed by atoms with Gasteiger partial charge in [0.25, 0.3) is 5.91 Å². The van der Waals surface area contributed by atoms with E-state index in [2.05, 4.69) is 20.8 Å². The SMILES string of the molecule is CCC(Oc1cccc(C)c1)C(=O)Nc1cccc(-n2[nH]nnc2=S)c1. The number of nitrogens with zero attached hydrogens (tertiary/aromatic N) is 3. The number of carbonyl (C=O) groups is 1. The van der Waals surface area contributed by atoms with E-state index in [0.29, 0.717) is 22.6 Å². The number of hydrogen-bond acceptors (Lipinski definition) is 5. The van der Waals surface area contributed by atoms with E-state index in [1.165, 1.54) is 0 Å². The zero-order valence-corrected chi connectivity index (χ0v) is 15.3. The Kier molecular flexibility index (Phi) is 5.43. The van der Waals surface area contributed by atoms with Crippen LogP contribution < -0.4 is 10.1 Å². The van der Waals surface area contributed by atoms with Crippen LogP contribution in [0.1, 0.15) is 18.9 Å². The van der Waals surface area contributed by atoms with Crippen molar-refractivity contribution in [2.45, 2.75) is 26.4 Å². The Labute approximate surface area is 156 Å². The highest BCUT2D eigenvalue weighted by atomic mass is 32.1. The van der Waals surface area contributed by atoms with Gasteiger partial charge in [-0.25, -0.2) is 4.68 Å². The molecule has 1 amide bonds. The Morgan fingerprint density at radius 1 is 1.31 bits per heavy atom. The first-order valence-corrected chi connectivity index (χ1v) is 8.62. The van der Waals surface area contributed by atoms with Gasteiger partial charge in [0, 0.05) is 5.69 Å². The largest absolute Gasteiger partial charge is 0.481 e. The van der Waals surface area contributed by atoms with Crippen molar-refractivity contribution in [2.24, 2.45) is 0 Å². The number of aromatic nitrogens is 4. The third-order valence-corrected chi connectivity index (χ3v) is 4.04. The fraction of sp³-hybridized carbons (Fsp3) is 0.222. The summed E-state index contributed by atoms with van der Waals surface area (Å²) in [6.45, 7) is 3.89. The number of carbonyl (C=O) groups excluding carboxylic acids is 1. The molecular weight excluding hydrogens is 350 g/mol. The number of ether oxygens (including phenoxy) is 1. The van der Waals surface area contributed by atoms with Crippen LogP contribution in [0.15, 0.2) is 48.5 Å². The van der Waals surface area contributed by atoms with E-state index in [0.717, 1.165) is 11.3 Å². The molecule has 26 heavy (non-hydrogen) atoms. The normalized spacial score (nSPS) is 11.8. The molecule has 0 fully saturated rings. The van der Waals surface area contributed by atoms with Gasteiger partial charge >= 0.3 is 0 Å². The molecule has 0 radical (unpaired) electrons. The van der Waals surface area contributed by atoms with Crippen molar-refractivity contribution in [1.29, 1.82) is 0 Å². The molecule has 2 N–H and O–H groups in total. The zero-order chi connectivity index (χ0) is 18.5. The van der Waals surface area contributed by atoms with Gasteiger partial charge in [0.15, 0.2) is 6.10 Å². The molecule has 0 aliphatic carbocycles. The molecule has 1 heterocycles. The molecule has 3 aromatic rings. The van der Waals surface area contributed by atoms with Gasteiger partial charge in [0.2, 0.25) is 4.77 Å². The highest BCUT2D eigenvalue weighted by molar-refractivity contribution is 7.71. The Morgan fingerprint density at radius 3 is 2.81 bits per heavy atom. The molecule has 134 valence electrons. The number of tetrazole rings is 1. The molecule has 8 heteroatoms. The van der Waals surface area contributed by atoms with Crippen molar-refractivity contribution in [2.75, 3.05) is 5.32 Å². The second-order valence-corrected chi connectivity index (χ2v) is 6.15. The van der Waals surface area contributed by atoms with E-state index in [9.17, 15) is 4.79 Å². The van der Waals surface area contributed by atoms with Crippen LogP contribution in [0.3, 0.4) is 0 Å². The summed E-state index contributed by atoms with van der Waals surface area (Å²) in [5.41, 5.74) is 2.44.